The maximum Gasteiger partial charge on any atom is 0.264 e. The number of hydrogen-bond acceptors (Lipinski definition) is 5. The lowest BCUT2D eigenvalue weighted by atomic mass is 10.0. The van der Waals surface area contributed by atoms with E-state index in [0.29, 0.717) is 18.0 Å². The van der Waals surface area contributed by atoms with Crippen LogP contribution >= 0.6 is 0 Å². The highest BCUT2D eigenvalue weighted by atomic mass is 32.2. The van der Waals surface area contributed by atoms with E-state index >= 15 is 0 Å². The Hall–Kier alpha value is -4.63. The predicted octanol–water partition coefficient (Wildman–Crippen LogP) is 5.30. The highest BCUT2D eigenvalue weighted by molar-refractivity contribution is 7.92. The zero-order chi connectivity index (χ0) is 31.5. The van der Waals surface area contributed by atoms with Crippen LogP contribution in [0.15, 0.2) is 120 Å². The summed E-state index contributed by atoms with van der Waals surface area (Å²) in [7, 11) is -2.67. The van der Waals surface area contributed by atoms with Crippen molar-refractivity contribution in [2.24, 2.45) is 5.92 Å². The van der Waals surface area contributed by atoms with E-state index in [0.717, 1.165) is 15.4 Å². The number of nitrogens with zero attached hydrogens (tertiary/aromatic N) is 2. The van der Waals surface area contributed by atoms with Gasteiger partial charge in [-0.2, -0.15) is 0 Å². The van der Waals surface area contributed by atoms with Gasteiger partial charge in [-0.05, 0) is 53.4 Å². The lowest BCUT2D eigenvalue weighted by Gasteiger charge is -2.34. The Balaban J connectivity index is 1.76. The normalized spacial score (nSPS) is 11.9. The number of nitrogens with one attached hydrogen (secondary N) is 1. The highest BCUT2D eigenvalue weighted by Crippen LogP contribution is 2.26. The summed E-state index contributed by atoms with van der Waals surface area (Å²) in [5.74, 6) is -0.0826. The number of hydrogen-bond donors (Lipinski definition) is 1. The molecule has 0 spiro atoms. The van der Waals surface area contributed by atoms with E-state index in [4.69, 9.17) is 4.74 Å². The van der Waals surface area contributed by atoms with Gasteiger partial charge in [0.25, 0.3) is 10.0 Å². The van der Waals surface area contributed by atoms with Crippen LogP contribution in [-0.2, 0) is 32.6 Å². The van der Waals surface area contributed by atoms with Gasteiger partial charge in [-0.1, -0.05) is 92.7 Å². The van der Waals surface area contributed by atoms with E-state index < -0.39 is 28.5 Å². The molecule has 4 rings (SSSR count). The molecule has 4 aromatic carbocycles. The molecule has 0 fully saturated rings. The van der Waals surface area contributed by atoms with Crippen molar-refractivity contribution >= 4 is 27.5 Å². The number of ether oxygens (including phenoxy) is 1. The standard InChI is InChI=1S/C35H39N3O5S/c1-27(2)24-36-35(40)33(23-28-13-7-4-8-14-28)37(25-29-15-9-5-10-16-29)34(39)26-38(30-17-11-6-12-18-30)44(41,42)32-21-19-31(43-3)20-22-32/h4-22,27,33H,23-26H2,1-3H3,(H,36,40). The number of anilines is 1. The van der Waals surface area contributed by atoms with Crippen LogP contribution in [0, 0.1) is 5.92 Å². The minimum absolute atomic E-state index is 0.0140. The second kappa shape index (κ2) is 15.2. The number of para-hydroxylation sites is 1. The summed E-state index contributed by atoms with van der Waals surface area (Å²) < 4.78 is 34.4. The summed E-state index contributed by atoms with van der Waals surface area (Å²) in [6, 6.07) is 32.5. The first-order chi connectivity index (χ1) is 21.2. The van der Waals surface area contributed by atoms with Crippen molar-refractivity contribution in [3.63, 3.8) is 0 Å². The number of carbonyl (C=O) groups is 2. The molecule has 9 heteroatoms. The van der Waals surface area contributed by atoms with Crippen molar-refractivity contribution < 1.29 is 22.7 Å². The quantitative estimate of drug-likeness (QED) is 0.208. The maximum atomic E-state index is 14.4. The first-order valence-corrected chi connectivity index (χ1v) is 16.0. The van der Waals surface area contributed by atoms with E-state index in [2.05, 4.69) is 5.32 Å². The van der Waals surface area contributed by atoms with E-state index in [-0.39, 0.29) is 29.7 Å². The number of rotatable bonds is 14. The van der Waals surface area contributed by atoms with Crippen LogP contribution in [0.1, 0.15) is 25.0 Å². The van der Waals surface area contributed by atoms with E-state index in [1.165, 1.54) is 24.1 Å². The molecule has 0 bridgehead atoms. The topological polar surface area (TPSA) is 96.0 Å². The molecular weight excluding hydrogens is 574 g/mol. The molecule has 0 saturated carbocycles. The van der Waals surface area contributed by atoms with Gasteiger partial charge in [0.1, 0.15) is 18.3 Å². The first kappa shape index (κ1) is 32.3. The minimum Gasteiger partial charge on any atom is -0.497 e. The van der Waals surface area contributed by atoms with Crippen molar-refractivity contribution in [2.45, 2.75) is 37.8 Å². The van der Waals surface area contributed by atoms with Gasteiger partial charge in [-0.25, -0.2) is 8.42 Å². The third-order valence-electron chi connectivity index (χ3n) is 7.12. The lowest BCUT2D eigenvalue weighted by molar-refractivity contribution is -0.140. The molecule has 8 nitrogen and oxygen atoms in total. The number of amides is 2. The maximum absolute atomic E-state index is 14.4. The van der Waals surface area contributed by atoms with Crippen LogP contribution in [-0.4, -0.2) is 51.4 Å². The van der Waals surface area contributed by atoms with Gasteiger partial charge >= 0.3 is 0 Å². The molecule has 0 radical (unpaired) electrons. The molecule has 0 saturated heterocycles. The first-order valence-electron chi connectivity index (χ1n) is 14.6. The summed E-state index contributed by atoms with van der Waals surface area (Å²) in [6.07, 6.45) is 0.264. The highest BCUT2D eigenvalue weighted by Gasteiger charge is 2.34. The Bertz CT molecular complexity index is 1600. The van der Waals surface area contributed by atoms with Gasteiger partial charge in [0.2, 0.25) is 11.8 Å². The molecule has 44 heavy (non-hydrogen) atoms. The van der Waals surface area contributed by atoms with E-state index in [1.807, 2.05) is 74.5 Å². The van der Waals surface area contributed by atoms with Gasteiger partial charge in [0.15, 0.2) is 0 Å². The molecule has 0 aliphatic heterocycles. The zero-order valence-corrected chi connectivity index (χ0v) is 26.1. The van der Waals surface area contributed by atoms with Gasteiger partial charge in [0, 0.05) is 19.5 Å². The lowest BCUT2D eigenvalue weighted by Crippen LogP contribution is -2.53. The third kappa shape index (κ3) is 8.48. The van der Waals surface area contributed by atoms with Crippen LogP contribution in [0.2, 0.25) is 0 Å². The fraction of sp³-hybridized carbons (Fsp3) is 0.257. The molecule has 4 aromatic rings. The predicted molar refractivity (Wildman–Crippen MR) is 173 cm³/mol. The summed E-state index contributed by atoms with van der Waals surface area (Å²) >= 11 is 0. The fourth-order valence-electron chi connectivity index (χ4n) is 4.75. The number of sulfonamides is 1. The molecule has 230 valence electrons. The Morgan fingerprint density at radius 3 is 1.86 bits per heavy atom. The molecule has 2 amide bonds. The SMILES string of the molecule is COc1ccc(S(=O)(=O)N(CC(=O)N(Cc2ccccc2)C(Cc2ccccc2)C(=O)NCC(C)C)c2ccccc2)cc1. The van der Waals surface area contributed by atoms with Crippen LogP contribution in [0.5, 0.6) is 5.75 Å². The van der Waals surface area contributed by atoms with E-state index in [1.54, 1.807) is 42.5 Å². The molecule has 0 aliphatic rings. The number of carbonyl (C=O) groups excluding carboxylic acids is 2. The van der Waals surface area contributed by atoms with Crippen LogP contribution in [0.4, 0.5) is 5.69 Å². The molecular formula is C35H39N3O5S. The second-order valence-corrected chi connectivity index (χ2v) is 12.7. The van der Waals surface area contributed by atoms with Crippen molar-refractivity contribution in [1.29, 1.82) is 0 Å². The number of methoxy groups -OCH3 is 1. The Kier molecular flexibility index (Phi) is 11.2. The summed E-state index contributed by atoms with van der Waals surface area (Å²) in [4.78, 5) is 29.7. The van der Waals surface area contributed by atoms with Gasteiger partial charge < -0.3 is 15.0 Å². The monoisotopic (exact) mass is 613 g/mol. The zero-order valence-electron chi connectivity index (χ0n) is 25.3. The third-order valence-corrected chi connectivity index (χ3v) is 8.91. The smallest absolute Gasteiger partial charge is 0.264 e. The van der Waals surface area contributed by atoms with Gasteiger partial charge in [0.05, 0.1) is 17.7 Å². The van der Waals surface area contributed by atoms with Crippen molar-refractivity contribution in [3.8, 4) is 5.75 Å². The van der Waals surface area contributed by atoms with E-state index in [9.17, 15) is 18.0 Å². The summed E-state index contributed by atoms with van der Waals surface area (Å²) in [5.41, 5.74) is 2.04. The van der Waals surface area contributed by atoms with Crippen LogP contribution in [0.25, 0.3) is 0 Å². The Morgan fingerprint density at radius 2 is 1.32 bits per heavy atom. The average Bonchev–Trinajstić information content (AvgIpc) is 3.05. The molecule has 1 N–H and O–H groups in total. The summed E-state index contributed by atoms with van der Waals surface area (Å²) in [5, 5.41) is 3.00. The van der Waals surface area contributed by atoms with Gasteiger partial charge in [-0.15, -0.1) is 0 Å². The molecule has 0 aromatic heterocycles. The molecule has 1 unspecified atom stereocenters. The molecule has 0 aliphatic carbocycles. The van der Waals surface area contributed by atoms with Crippen molar-refractivity contribution in [3.05, 3.63) is 126 Å². The van der Waals surface area contributed by atoms with Crippen molar-refractivity contribution in [1.82, 2.24) is 10.2 Å². The minimum atomic E-state index is -4.18. The largest absolute Gasteiger partial charge is 0.497 e. The Labute approximate surface area is 260 Å². The van der Waals surface area contributed by atoms with Gasteiger partial charge in [-0.3, -0.25) is 13.9 Å². The van der Waals surface area contributed by atoms with Crippen LogP contribution < -0.4 is 14.4 Å². The molecule has 1 atom stereocenters. The van der Waals surface area contributed by atoms with Crippen molar-refractivity contribution in [2.75, 3.05) is 24.5 Å². The average molecular weight is 614 g/mol. The Morgan fingerprint density at radius 1 is 0.773 bits per heavy atom. The molecule has 0 heterocycles. The fourth-order valence-corrected chi connectivity index (χ4v) is 6.17. The summed E-state index contributed by atoms with van der Waals surface area (Å²) in [6.45, 7) is 4.06. The second-order valence-electron chi connectivity index (χ2n) is 10.9. The number of benzene rings is 4. The van der Waals surface area contributed by atoms with Crippen LogP contribution in [0.3, 0.4) is 0 Å².